The number of ether oxygens (including phenoxy) is 1. The summed E-state index contributed by atoms with van der Waals surface area (Å²) in [6.07, 6.45) is 1.66. The molecule has 0 radical (unpaired) electrons. The van der Waals surface area contributed by atoms with E-state index in [1.807, 2.05) is 24.3 Å². The number of hydrogen-bond donors (Lipinski definition) is 1. The van der Waals surface area contributed by atoms with Crippen molar-refractivity contribution in [1.29, 1.82) is 0 Å². The van der Waals surface area contributed by atoms with Crippen molar-refractivity contribution in [3.05, 3.63) is 54.4 Å². The Balaban J connectivity index is 2.31. The third-order valence-electron chi connectivity index (χ3n) is 3.17. The summed E-state index contributed by atoms with van der Waals surface area (Å²) in [6.45, 7) is 0. The quantitative estimate of drug-likeness (QED) is 0.571. The molecular weight excluding hydrogens is 254 g/mol. The number of aromatic nitrogens is 2. The summed E-state index contributed by atoms with van der Waals surface area (Å²) >= 11 is 0. The smallest absolute Gasteiger partial charge is 0.340 e. The summed E-state index contributed by atoms with van der Waals surface area (Å²) in [7, 11) is 1.35. The molecule has 3 aromatic rings. The number of rotatable bonds is 2. The highest BCUT2D eigenvalue weighted by molar-refractivity contribution is 5.97. The van der Waals surface area contributed by atoms with Gasteiger partial charge < -0.3 is 10.5 Å². The number of benzene rings is 2. The van der Waals surface area contributed by atoms with Gasteiger partial charge in [0.15, 0.2) is 0 Å². The van der Waals surface area contributed by atoms with E-state index in [-0.39, 0.29) is 0 Å². The minimum atomic E-state index is -0.426. The second-order valence-corrected chi connectivity index (χ2v) is 4.34. The van der Waals surface area contributed by atoms with Crippen LogP contribution in [0.1, 0.15) is 10.4 Å². The molecule has 0 aliphatic carbocycles. The molecule has 3 rings (SSSR count). The Hall–Kier alpha value is -2.82. The van der Waals surface area contributed by atoms with E-state index in [0.717, 1.165) is 11.0 Å². The van der Waals surface area contributed by atoms with Crippen LogP contribution in [0.2, 0.25) is 0 Å². The standard InChI is InChI=1S/C15H13N3O2/c1-20-15(19)10-5-4-6-11(16)14(10)18-9-17-12-7-2-3-8-13(12)18/h2-9H,16H2,1H3. The molecule has 0 bridgehead atoms. The van der Waals surface area contributed by atoms with E-state index in [0.29, 0.717) is 16.9 Å². The molecule has 0 aliphatic rings. The van der Waals surface area contributed by atoms with Gasteiger partial charge in [-0.05, 0) is 24.3 Å². The number of hydrogen-bond acceptors (Lipinski definition) is 4. The maximum atomic E-state index is 11.9. The van der Waals surface area contributed by atoms with Gasteiger partial charge in [0.1, 0.15) is 6.33 Å². The van der Waals surface area contributed by atoms with Gasteiger partial charge in [-0.3, -0.25) is 4.57 Å². The Bertz CT molecular complexity index is 793. The monoisotopic (exact) mass is 267 g/mol. The summed E-state index contributed by atoms with van der Waals surface area (Å²) in [5, 5.41) is 0. The Morgan fingerprint density at radius 2 is 2.00 bits per heavy atom. The fraction of sp³-hybridized carbons (Fsp3) is 0.0667. The van der Waals surface area contributed by atoms with Crippen molar-refractivity contribution in [3.8, 4) is 5.69 Å². The number of imidazole rings is 1. The fourth-order valence-electron chi connectivity index (χ4n) is 2.24. The lowest BCUT2D eigenvalue weighted by Crippen LogP contribution is -2.09. The zero-order chi connectivity index (χ0) is 14.1. The van der Waals surface area contributed by atoms with E-state index in [9.17, 15) is 4.79 Å². The molecule has 0 saturated heterocycles. The van der Waals surface area contributed by atoms with Crippen molar-refractivity contribution in [2.75, 3.05) is 12.8 Å². The number of anilines is 1. The van der Waals surface area contributed by atoms with Crippen LogP contribution in [-0.4, -0.2) is 22.6 Å². The van der Waals surface area contributed by atoms with E-state index >= 15 is 0 Å². The van der Waals surface area contributed by atoms with Crippen LogP contribution in [-0.2, 0) is 4.74 Å². The second-order valence-electron chi connectivity index (χ2n) is 4.34. The van der Waals surface area contributed by atoms with E-state index in [2.05, 4.69) is 4.98 Å². The van der Waals surface area contributed by atoms with Crippen LogP contribution in [0, 0.1) is 0 Å². The van der Waals surface area contributed by atoms with Gasteiger partial charge in [-0.2, -0.15) is 0 Å². The summed E-state index contributed by atoms with van der Waals surface area (Å²) < 4.78 is 6.62. The predicted molar refractivity (Wildman–Crippen MR) is 76.8 cm³/mol. The third kappa shape index (κ3) is 1.80. The van der Waals surface area contributed by atoms with Crippen molar-refractivity contribution in [3.63, 3.8) is 0 Å². The SMILES string of the molecule is COC(=O)c1cccc(N)c1-n1cnc2ccccc21. The van der Waals surface area contributed by atoms with Crippen LogP contribution in [0.3, 0.4) is 0 Å². The van der Waals surface area contributed by atoms with E-state index in [1.165, 1.54) is 7.11 Å². The van der Waals surface area contributed by atoms with Crippen molar-refractivity contribution in [2.45, 2.75) is 0 Å². The van der Waals surface area contributed by atoms with E-state index in [4.69, 9.17) is 10.5 Å². The van der Waals surface area contributed by atoms with Crippen molar-refractivity contribution >= 4 is 22.7 Å². The molecule has 20 heavy (non-hydrogen) atoms. The van der Waals surface area contributed by atoms with Crippen molar-refractivity contribution in [1.82, 2.24) is 9.55 Å². The predicted octanol–water partition coefficient (Wildman–Crippen LogP) is 2.39. The summed E-state index contributed by atoms with van der Waals surface area (Å²) in [4.78, 5) is 16.2. The summed E-state index contributed by atoms with van der Waals surface area (Å²) in [5.41, 5.74) is 9.26. The van der Waals surface area contributed by atoms with E-state index < -0.39 is 5.97 Å². The molecule has 5 heteroatoms. The summed E-state index contributed by atoms with van der Waals surface area (Å²) in [5.74, 6) is -0.426. The number of nitrogens with zero attached hydrogens (tertiary/aromatic N) is 2. The Kier molecular flexibility index (Phi) is 2.87. The number of para-hydroxylation sites is 3. The van der Waals surface area contributed by atoms with E-state index in [1.54, 1.807) is 29.1 Å². The molecule has 0 saturated carbocycles. The first-order chi connectivity index (χ1) is 9.72. The van der Waals surface area contributed by atoms with Gasteiger partial charge in [0.05, 0.1) is 35.1 Å². The largest absolute Gasteiger partial charge is 0.465 e. The highest BCUT2D eigenvalue weighted by Crippen LogP contribution is 2.26. The molecule has 2 aromatic carbocycles. The van der Waals surface area contributed by atoms with Gasteiger partial charge in [0.25, 0.3) is 0 Å². The molecule has 0 aliphatic heterocycles. The zero-order valence-corrected chi connectivity index (χ0v) is 10.9. The molecule has 100 valence electrons. The summed E-state index contributed by atoms with van der Waals surface area (Å²) in [6, 6.07) is 12.8. The molecule has 0 amide bonds. The van der Waals surface area contributed by atoms with Crippen LogP contribution in [0.15, 0.2) is 48.8 Å². The maximum absolute atomic E-state index is 11.9. The lowest BCUT2D eigenvalue weighted by molar-refractivity contribution is 0.0601. The molecule has 0 fully saturated rings. The Labute approximate surface area is 115 Å². The number of nitrogen functional groups attached to an aromatic ring is 1. The number of fused-ring (bicyclic) bond motifs is 1. The first kappa shape index (κ1) is 12.2. The molecular formula is C15H13N3O2. The molecule has 0 atom stereocenters. The second kappa shape index (κ2) is 4.70. The van der Waals surface area contributed by atoms with Crippen LogP contribution in [0.25, 0.3) is 16.7 Å². The normalized spacial score (nSPS) is 10.7. The number of carbonyl (C=O) groups excluding carboxylic acids is 1. The Morgan fingerprint density at radius 1 is 1.20 bits per heavy atom. The minimum Gasteiger partial charge on any atom is -0.465 e. The molecule has 0 spiro atoms. The molecule has 2 N–H and O–H groups in total. The van der Waals surface area contributed by atoms with Gasteiger partial charge in [-0.25, -0.2) is 9.78 Å². The van der Waals surface area contributed by atoms with Crippen LogP contribution in [0.5, 0.6) is 0 Å². The van der Waals surface area contributed by atoms with Gasteiger partial charge in [-0.15, -0.1) is 0 Å². The van der Waals surface area contributed by atoms with Gasteiger partial charge in [0, 0.05) is 0 Å². The van der Waals surface area contributed by atoms with Gasteiger partial charge in [-0.1, -0.05) is 18.2 Å². The van der Waals surface area contributed by atoms with Crippen LogP contribution < -0.4 is 5.73 Å². The van der Waals surface area contributed by atoms with Crippen LogP contribution >= 0.6 is 0 Å². The van der Waals surface area contributed by atoms with Gasteiger partial charge in [0.2, 0.25) is 0 Å². The number of carbonyl (C=O) groups is 1. The van der Waals surface area contributed by atoms with Crippen molar-refractivity contribution in [2.24, 2.45) is 0 Å². The first-order valence-corrected chi connectivity index (χ1v) is 6.11. The van der Waals surface area contributed by atoms with Gasteiger partial charge >= 0.3 is 5.97 Å². The van der Waals surface area contributed by atoms with Crippen molar-refractivity contribution < 1.29 is 9.53 Å². The minimum absolute atomic E-state index is 0.413. The first-order valence-electron chi connectivity index (χ1n) is 6.11. The topological polar surface area (TPSA) is 70.1 Å². The molecule has 0 unspecified atom stereocenters. The highest BCUT2D eigenvalue weighted by Gasteiger charge is 2.17. The highest BCUT2D eigenvalue weighted by atomic mass is 16.5. The number of nitrogens with two attached hydrogens (primary N) is 1. The molecule has 5 nitrogen and oxygen atoms in total. The number of esters is 1. The lowest BCUT2D eigenvalue weighted by atomic mass is 10.1. The average molecular weight is 267 g/mol. The number of methoxy groups -OCH3 is 1. The van der Waals surface area contributed by atoms with Crippen LogP contribution in [0.4, 0.5) is 5.69 Å². The Morgan fingerprint density at radius 3 is 2.80 bits per heavy atom. The lowest BCUT2D eigenvalue weighted by Gasteiger charge is -2.12. The molecule has 1 aromatic heterocycles. The zero-order valence-electron chi connectivity index (χ0n) is 10.9. The fourth-order valence-corrected chi connectivity index (χ4v) is 2.24. The third-order valence-corrected chi connectivity index (χ3v) is 3.17. The molecule has 1 heterocycles. The maximum Gasteiger partial charge on any atom is 0.340 e. The average Bonchev–Trinajstić information content (AvgIpc) is 2.90.